The maximum atomic E-state index is 12.8. The summed E-state index contributed by atoms with van der Waals surface area (Å²) in [6, 6.07) is 10.7. The summed E-state index contributed by atoms with van der Waals surface area (Å²) in [5, 5.41) is 3.42. The predicted molar refractivity (Wildman–Crippen MR) is 105 cm³/mol. The van der Waals surface area contributed by atoms with Gasteiger partial charge in [0.2, 0.25) is 5.91 Å². The van der Waals surface area contributed by atoms with Crippen LogP contribution < -0.4 is 10.2 Å². The maximum Gasteiger partial charge on any atom is 0.226 e. The number of nitrogens with one attached hydrogen (secondary N) is 1. The van der Waals surface area contributed by atoms with Gasteiger partial charge in [0.05, 0.1) is 0 Å². The summed E-state index contributed by atoms with van der Waals surface area (Å²) in [5.41, 5.74) is 1.67. The number of likely N-dealkylation sites (N-methyl/N-ethyl adjacent to an activating group) is 1. The molecule has 5 heteroatoms. The zero-order valence-electron chi connectivity index (χ0n) is 16.0. The highest BCUT2D eigenvalue weighted by Crippen LogP contribution is 2.59. The molecule has 142 valence electrons. The summed E-state index contributed by atoms with van der Waals surface area (Å²) < 4.78 is 0. The van der Waals surface area contributed by atoms with E-state index in [1.54, 1.807) is 0 Å². The molecule has 2 aliphatic heterocycles. The molecule has 0 aromatic heterocycles. The minimum absolute atomic E-state index is 0.296. The normalized spacial score (nSPS) is 25.3. The first-order valence-electron chi connectivity index (χ1n) is 10.2. The average Bonchev–Trinajstić information content (AvgIpc) is 3.39. The molecular weight excluding hydrogens is 324 g/mol. The molecule has 1 aromatic carbocycles. The lowest BCUT2D eigenvalue weighted by Gasteiger charge is -2.36. The number of amides is 1. The van der Waals surface area contributed by atoms with E-state index in [0.717, 1.165) is 58.8 Å². The van der Waals surface area contributed by atoms with E-state index in [0.29, 0.717) is 17.2 Å². The molecule has 1 atom stereocenters. The molecule has 1 aliphatic carbocycles. The minimum Gasteiger partial charge on any atom is -0.369 e. The second kappa shape index (κ2) is 7.57. The molecule has 5 nitrogen and oxygen atoms in total. The summed E-state index contributed by atoms with van der Waals surface area (Å²) in [6.07, 6.45) is 3.48. The number of benzene rings is 1. The van der Waals surface area contributed by atoms with E-state index in [-0.39, 0.29) is 0 Å². The van der Waals surface area contributed by atoms with Crippen molar-refractivity contribution in [2.45, 2.75) is 19.3 Å². The van der Waals surface area contributed by atoms with Crippen LogP contribution in [0.3, 0.4) is 0 Å². The molecule has 4 rings (SSSR count). The van der Waals surface area contributed by atoms with E-state index in [1.807, 2.05) is 11.9 Å². The van der Waals surface area contributed by atoms with Gasteiger partial charge >= 0.3 is 0 Å². The van der Waals surface area contributed by atoms with Crippen molar-refractivity contribution >= 4 is 11.6 Å². The highest BCUT2D eigenvalue weighted by Gasteiger charge is 2.58. The molecule has 3 fully saturated rings. The van der Waals surface area contributed by atoms with Gasteiger partial charge in [0.15, 0.2) is 0 Å². The van der Waals surface area contributed by atoms with Gasteiger partial charge in [-0.2, -0.15) is 0 Å². The number of rotatable bonds is 5. The van der Waals surface area contributed by atoms with E-state index >= 15 is 0 Å². The highest BCUT2D eigenvalue weighted by molar-refractivity contribution is 5.82. The lowest BCUT2D eigenvalue weighted by atomic mass is 9.91. The Morgan fingerprint density at radius 2 is 1.85 bits per heavy atom. The van der Waals surface area contributed by atoms with Gasteiger partial charge in [-0.1, -0.05) is 18.2 Å². The number of piperazine rings is 1. The molecule has 3 aliphatic rings. The number of hydrogen-bond donors (Lipinski definition) is 1. The van der Waals surface area contributed by atoms with Crippen molar-refractivity contribution in [1.82, 2.24) is 15.1 Å². The number of nitrogens with zero attached hydrogens (tertiary/aromatic N) is 3. The number of carbonyl (C=O) groups is 1. The van der Waals surface area contributed by atoms with Gasteiger partial charge in [-0.05, 0) is 49.9 Å². The largest absolute Gasteiger partial charge is 0.369 e. The lowest BCUT2D eigenvalue weighted by Crippen LogP contribution is -2.48. The van der Waals surface area contributed by atoms with E-state index < -0.39 is 0 Å². The Kier molecular flexibility index (Phi) is 5.18. The summed E-state index contributed by atoms with van der Waals surface area (Å²) in [7, 11) is 2.00. The molecule has 1 N–H and O–H groups in total. The zero-order valence-corrected chi connectivity index (χ0v) is 16.0. The number of para-hydroxylation sites is 1. The first kappa shape index (κ1) is 17.8. The van der Waals surface area contributed by atoms with Crippen LogP contribution in [0.4, 0.5) is 5.69 Å². The van der Waals surface area contributed by atoms with Gasteiger partial charge in [-0.15, -0.1) is 0 Å². The number of anilines is 1. The van der Waals surface area contributed by atoms with Gasteiger partial charge in [0.1, 0.15) is 0 Å². The minimum atomic E-state index is 0.296. The van der Waals surface area contributed by atoms with E-state index in [2.05, 4.69) is 45.4 Å². The monoisotopic (exact) mass is 356 g/mol. The van der Waals surface area contributed by atoms with Crippen LogP contribution in [0.25, 0.3) is 0 Å². The number of hydrogen-bond acceptors (Lipinski definition) is 4. The summed E-state index contributed by atoms with van der Waals surface area (Å²) in [4.78, 5) is 19.7. The SMILES string of the molecule is CN(CCN1CCN(c2ccccc2)CC1)C(=O)C1CC12CCNCC2. The second-order valence-electron chi connectivity index (χ2n) is 8.29. The van der Waals surface area contributed by atoms with Crippen molar-refractivity contribution in [3.8, 4) is 0 Å². The Bertz CT molecular complexity index is 606. The summed E-state index contributed by atoms with van der Waals surface area (Å²) >= 11 is 0. The smallest absolute Gasteiger partial charge is 0.226 e. The van der Waals surface area contributed by atoms with Gasteiger partial charge < -0.3 is 15.1 Å². The molecule has 2 saturated heterocycles. The molecule has 1 aromatic rings. The van der Waals surface area contributed by atoms with Gasteiger partial charge in [-0.25, -0.2) is 0 Å². The predicted octanol–water partition coefficient (Wildman–Crippen LogP) is 1.66. The Morgan fingerprint density at radius 1 is 1.15 bits per heavy atom. The Balaban J connectivity index is 1.20. The Hall–Kier alpha value is -1.59. The number of carbonyl (C=O) groups excluding carboxylic acids is 1. The van der Waals surface area contributed by atoms with E-state index in [9.17, 15) is 4.79 Å². The Labute approximate surface area is 157 Å². The molecular formula is C21H32N4O. The lowest BCUT2D eigenvalue weighted by molar-refractivity contribution is -0.132. The highest BCUT2D eigenvalue weighted by atomic mass is 16.2. The third kappa shape index (κ3) is 3.74. The third-order valence-electron chi connectivity index (χ3n) is 6.71. The van der Waals surface area contributed by atoms with Crippen LogP contribution in [0, 0.1) is 11.3 Å². The molecule has 1 unspecified atom stereocenters. The zero-order chi connectivity index (χ0) is 18.0. The summed E-state index contributed by atoms with van der Waals surface area (Å²) in [5.74, 6) is 0.680. The van der Waals surface area contributed by atoms with Crippen LogP contribution in [0.1, 0.15) is 19.3 Å². The van der Waals surface area contributed by atoms with Crippen molar-refractivity contribution in [1.29, 1.82) is 0 Å². The second-order valence-corrected chi connectivity index (χ2v) is 8.29. The average molecular weight is 357 g/mol. The van der Waals surface area contributed by atoms with Crippen molar-refractivity contribution in [3.63, 3.8) is 0 Å². The van der Waals surface area contributed by atoms with Crippen molar-refractivity contribution in [2.24, 2.45) is 11.3 Å². The van der Waals surface area contributed by atoms with Crippen LogP contribution in [-0.2, 0) is 4.79 Å². The topological polar surface area (TPSA) is 38.8 Å². The fraction of sp³-hybridized carbons (Fsp3) is 0.667. The van der Waals surface area contributed by atoms with Crippen LogP contribution >= 0.6 is 0 Å². The first-order chi connectivity index (χ1) is 12.7. The van der Waals surface area contributed by atoms with Crippen LogP contribution in [0.5, 0.6) is 0 Å². The fourth-order valence-corrected chi connectivity index (χ4v) is 4.71. The maximum absolute atomic E-state index is 12.8. The van der Waals surface area contributed by atoms with Crippen molar-refractivity contribution in [3.05, 3.63) is 30.3 Å². The van der Waals surface area contributed by atoms with Gasteiger partial charge in [0, 0.05) is 57.9 Å². The molecule has 2 heterocycles. The van der Waals surface area contributed by atoms with Gasteiger partial charge in [0.25, 0.3) is 0 Å². The van der Waals surface area contributed by atoms with Crippen LogP contribution in [0.2, 0.25) is 0 Å². The molecule has 1 saturated carbocycles. The van der Waals surface area contributed by atoms with E-state index in [4.69, 9.17) is 0 Å². The molecule has 1 amide bonds. The van der Waals surface area contributed by atoms with Crippen LogP contribution in [-0.4, -0.2) is 75.1 Å². The quantitative estimate of drug-likeness (QED) is 0.871. The van der Waals surface area contributed by atoms with E-state index in [1.165, 1.54) is 18.5 Å². The number of piperidine rings is 1. The van der Waals surface area contributed by atoms with Crippen molar-refractivity contribution < 1.29 is 4.79 Å². The summed E-state index contributed by atoms with van der Waals surface area (Å²) in [6.45, 7) is 8.31. The molecule has 0 radical (unpaired) electrons. The first-order valence-corrected chi connectivity index (χ1v) is 10.2. The molecule has 1 spiro atoms. The molecule has 0 bridgehead atoms. The molecule has 26 heavy (non-hydrogen) atoms. The van der Waals surface area contributed by atoms with Crippen molar-refractivity contribution in [2.75, 3.05) is 64.3 Å². The fourth-order valence-electron chi connectivity index (χ4n) is 4.71. The third-order valence-corrected chi connectivity index (χ3v) is 6.71. The van der Waals surface area contributed by atoms with Crippen LogP contribution in [0.15, 0.2) is 30.3 Å². The standard InChI is InChI=1S/C21H32N4O/c1-23(20(26)19-17-21(19)7-9-22-10-8-21)11-12-24-13-15-25(16-14-24)18-5-3-2-4-6-18/h2-6,19,22H,7-17H2,1H3. The Morgan fingerprint density at radius 3 is 2.54 bits per heavy atom. The van der Waals surface area contributed by atoms with Gasteiger partial charge in [-0.3, -0.25) is 9.69 Å².